The van der Waals surface area contributed by atoms with Crippen molar-refractivity contribution in [3.63, 3.8) is 0 Å². The van der Waals surface area contributed by atoms with Crippen LogP contribution >= 0.6 is 0 Å². The Labute approximate surface area is 90.4 Å². The van der Waals surface area contributed by atoms with Gasteiger partial charge in [-0.1, -0.05) is 0 Å². The molecule has 6 N–H and O–H groups in total. The first-order valence-electron chi connectivity index (χ1n) is 4.58. The van der Waals surface area contributed by atoms with Crippen molar-refractivity contribution in [2.24, 2.45) is 0 Å². The van der Waals surface area contributed by atoms with E-state index < -0.39 is 6.10 Å². The van der Waals surface area contributed by atoms with E-state index in [9.17, 15) is 0 Å². The van der Waals surface area contributed by atoms with E-state index in [1.807, 2.05) is 6.92 Å². The summed E-state index contributed by atoms with van der Waals surface area (Å²) in [6.45, 7) is 6.10. The zero-order valence-corrected chi connectivity index (χ0v) is 9.56. The highest BCUT2D eigenvalue weighted by atomic mass is 16.5. The molecule has 3 unspecified atom stereocenters. The summed E-state index contributed by atoms with van der Waals surface area (Å²) in [5.74, 6) is 0. The Morgan fingerprint density at radius 1 is 0.933 bits per heavy atom. The lowest BCUT2D eigenvalue weighted by molar-refractivity contribution is -0.0620. The van der Waals surface area contributed by atoms with Crippen molar-refractivity contribution in [1.82, 2.24) is 0 Å². The van der Waals surface area contributed by atoms with Crippen molar-refractivity contribution < 1.29 is 30.6 Å². The molecule has 0 saturated carbocycles. The van der Waals surface area contributed by atoms with Gasteiger partial charge in [0, 0.05) is 0 Å². The number of hydrogen-bond acceptors (Lipinski definition) is 4. The summed E-state index contributed by atoms with van der Waals surface area (Å²) in [7, 11) is 0. The van der Waals surface area contributed by atoms with E-state index in [0.717, 1.165) is 0 Å². The summed E-state index contributed by atoms with van der Waals surface area (Å²) in [4.78, 5) is 0. The SMILES string of the molecule is CC(O)COC(C)COC(C)CO.O.O. The van der Waals surface area contributed by atoms with Crippen molar-refractivity contribution in [2.75, 3.05) is 19.8 Å². The van der Waals surface area contributed by atoms with Gasteiger partial charge in [0.25, 0.3) is 0 Å². The zero-order chi connectivity index (χ0) is 10.3. The molecule has 0 aromatic heterocycles. The Hall–Kier alpha value is -0.240. The molecule has 6 nitrogen and oxygen atoms in total. The summed E-state index contributed by atoms with van der Waals surface area (Å²) in [6, 6.07) is 0. The maximum Gasteiger partial charge on any atom is 0.0781 e. The predicted octanol–water partition coefficient (Wildman–Crippen LogP) is -1.48. The lowest BCUT2D eigenvalue weighted by atomic mass is 10.4. The molecule has 0 saturated heterocycles. The van der Waals surface area contributed by atoms with Gasteiger partial charge < -0.3 is 30.6 Å². The number of aliphatic hydroxyl groups is 2. The largest absolute Gasteiger partial charge is 0.412 e. The summed E-state index contributed by atoms with van der Waals surface area (Å²) < 4.78 is 10.5. The molecule has 0 rings (SSSR count). The molecular weight excluding hydrogens is 204 g/mol. The molecule has 0 spiro atoms. The lowest BCUT2D eigenvalue weighted by Crippen LogP contribution is -2.24. The molecular formula is C9H24O6. The van der Waals surface area contributed by atoms with Gasteiger partial charge in [-0.15, -0.1) is 0 Å². The molecule has 0 aliphatic heterocycles. The average Bonchev–Trinajstić information content (AvgIpc) is 2.10. The van der Waals surface area contributed by atoms with Crippen LogP contribution in [-0.2, 0) is 9.47 Å². The van der Waals surface area contributed by atoms with Crippen molar-refractivity contribution in [1.29, 1.82) is 0 Å². The van der Waals surface area contributed by atoms with Crippen molar-refractivity contribution in [3.05, 3.63) is 0 Å². The fraction of sp³-hybridized carbons (Fsp3) is 1.00. The maximum atomic E-state index is 8.92. The minimum atomic E-state index is -0.447. The van der Waals surface area contributed by atoms with Crippen LogP contribution in [0.1, 0.15) is 20.8 Å². The second kappa shape index (κ2) is 11.8. The van der Waals surface area contributed by atoms with Crippen LogP contribution in [0, 0.1) is 0 Å². The number of ether oxygens (including phenoxy) is 2. The van der Waals surface area contributed by atoms with Crippen LogP contribution in [0.25, 0.3) is 0 Å². The van der Waals surface area contributed by atoms with E-state index in [0.29, 0.717) is 13.2 Å². The Balaban J connectivity index is -0.000000720. The van der Waals surface area contributed by atoms with Gasteiger partial charge in [-0.2, -0.15) is 0 Å². The quantitative estimate of drug-likeness (QED) is 0.551. The predicted molar refractivity (Wildman–Crippen MR) is 56.8 cm³/mol. The van der Waals surface area contributed by atoms with Crippen LogP contribution in [0.3, 0.4) is 0 Å². The minimum absolute atomic E-state index is 0. The van der Waals surface area contributed by atoms with E-state index in [1.165, 1.54) is 0 Å². The maximum absolute atomic E-state index is 8.92. The van der Waals surface area contributed by atoms with Gasteiger partial charge >= 0.3 is 0 Å². The van der Waals surface area contributed by atoms with Crippen LogP contribution < -0.4 is 0 Å². The van der Waals surface area contributed by atoms with Crippen molar-refractivity contribution in [2.45, 2.75) is 39.1 Å². The summed E-state index contributed by atoms with van der Waals surface area (Å²) in [5, 5.41) is 17.6. The van der Waals surface area contributed by atoms with Crippen molar-refractivity contribution >= 4 is 0 Å². The Kier molecular flexibility index (Phi) is 15.9. The smallest absolute Gasteiger partial charge is 0.0781 e. The first-order chi connectivity index (χ1) is 6.06. The van der Waals surface area contributed by atoms with Gasteiger partial charge in [0.1, 0.15) is 0 Å². The Bertz CT molecular complexity index is 119. The highest BCUT2D eigenvalue weighted by Gasteiger charge is 2.06. The van der Waals surface area contributed by atoms with Crippen LogP contribution in [-0.4, -0.2) is 59.3 Å². The molecule has 0 amide bonds. The van der Waals surface area contributed by atoms with E-state index in [-0.39, 0.29) is 29.8 Å². The second-order valence-electron chi connectivity index (χ2n) is 3.32. The lowest BCUT2D eigenvalue weighted by Gasteiger charge is -2.16. The molecule has 6 heteroatoms. The second-order valence-corrected chi connectivity index (χ2v) is 3.32. The van der Waals surface area contributed by atoms with E-state index in [1.54, 1.807) is 13.8 Å². The summed E-state index contributed by atoms with van der Waals surface area (Å²) >= 11 is 0. The summed E-state index contributed by atoms with van der Waals surface area (Å²) in [5.41, 5.74) is 0. The van der Waals surface area contributed by atoms with Gasteiger partial charge in [0.05, 0.1) is 38.1 Å². The fourth-order valence-electron chi connectivity index (χ4n) is 0.704. The fourth-order valence-corrected chi connectivity index (χ4v) is 0.704. The molecule has 0 aromatic carbocycles. The summed E-state index contributed by atoms with van der Waals surface area (Å²) in [6.07, 6.45) is -0.654. The molecule has 0 fully saturated rings. The molecule has 0 bridgehead atoms. The topological polar surface area (TPSA) is 122 Å². The molecule has 0 heterocycles. The first-order valence-corrected chi connectivity index (χ1v) is 4.58. The third-order valence-electron chi connectivity index (χ3n) is 1.49. The van der Waals surface area contributed by atoms with Gasteiger partial charge in [0.15, 0.2) is 0 Å². The Morgan fingerprint density at radius 3 is 1.80 bits per heavy atom. The molecule has 0 aliphatic carbocycles. The number of rotatable bonds is 7. The van der Waals surface area contributed by atoms with E-state index in [4.69, 9.17) is 19.7 Å². The third-order valence-corrected chi connectivity index (χ3v) is 1.49. The molecule has 0 radical (unpaired) electrons. The van der Waals surface area contributed by atoms with Gasteiger partial charge in [-0.25, -0.2) is 0 Å². The van der Waals surface area contributed by atoms with Crippen LogP contribution in [0.2, 0.25) is 0 Å². The van der Waals surface area contributed by atoms with Crippen molar-refractivity contribution in [3.8, 4) is 0 Å². The minimum Gasteiger partial charge on any atom is -0.412 e. The molecule has 0 aliphatic rings. The van der Waals surface area contributed by atoms with Gasteiger partial charge in [0.2, 0.25) is 0 Å². The highest BCUT2D eigenvalue weighted by molar-refractivity contribution is 4.52. The molecule has 3 atom stereocenters. The van der Waals surface area contributed by atoms with Crippen LogP contribution in [0.5, 0.6) is 0 Å². The standard InChI is InChI=1S/C9H20O4.2H2O/c1-7(11)5-12-9(3)6-13-8(2)4-10;;/h7-11H,4-6H2,1-3H3;2*1H2. The molecule has 96 valence electrons. The first kappa shape index (κ1) is 20.2. The highest BCUT2D eigenvalue weighted by Crippen LogP contribution is 1.97. The van der Waals surface area contributed by atoms with E-state index in [2.05, 4.69) is 0 Å². The molecule has 0 aromatic rings. The average molecular weight is 228 g/mol. The van der Waals surface area contributed by atoms with Gasteiger partial charge in [-0.05, 0) is 20.8 Å². The number of aliphatic hydroxyl groups excluding tert-OH is 2. The molecule has 15 heavy (non-hydrogen) atoms. The van der Waals surface area contributed by atoms with Crippen LogP contribution in [0.15, 0.2) is 0 Å². The number of hydrogen-bond donors (Lipinski definition) is 2. The monoisotopic (exact) mass is 228 g/mol. The Morgan fingerprint density at radius 2 is 1.40 bits per heavy atom. The third kappa shape index (κ3) is 13.8. The zero-order valence-electron chi connectivity index (χ0n) is 9.56. The van der Waals surface area contributed by atoms with Crippen LogP contribution in [0.4, 0.5) is 0 Å². The van der Waals surface area contributed by atoms with E-state index >= 15 is 0 Å². The van der Waals surface area contributed by atoms with Gasteiger partial charge in [-0.3, -0.25) is 0 Å². The normalized spacial score (nSPS) is 15.8.